The molecule has 0 bridgehead atoms. The quantitative estimate of drug-likeness (QED) is 0.570. The lowest BCUT2D eigenvalue weighted by Gasteiger charge is -2.35. The number of cyclic esters (lactones) is 1. The SMILES string of the molecule is CC1(C)/C(=N/OCC2CNC(=O)O2)c2cc(OC3CCC(N)CC3)ccc2-c2ncnc(N)c21. The summed E-state index contributed by atoms with van der Waals surface area (Å²) in [5.41, 5.74) is 15.7. The molecule has 2 aromatic rings. The molecule has 3 aliphatic rings. The highest BCUT2D eigenvalue weighted by Gasteiger charge is 2.41. The number of amides is 1. The van der Waals surface area contributed by atoms with Crippen molar-refractivity contribution >= 4 is 17.6 Å². The Morgan fingerprint density at radius 3 is 2.74 bits per heavy atom. The number of nitrogens with zero attached hydrogens (tertiary/aromatic N) is 3. The lowest BCUT2D eigenvalue weighted by molar-refractivity contribution is 0.0487. The van der Waals surface area contributed by atoms with Gasteiger partial charge in [-0.2, -0.15) is 0 Å². The zero-order valence-corrected chi connectivity index (χ0v) is 19.4. The van der Waals surface area contributed by atoms with Crippen LogP contribution in [0.15, 0.2) is 29.7 Å². The number of fused-ring (bicyclic) bond motifs is 3. The van der Waals surface area contributed by atoms with E-state index in [1.165, 1.54) is 6.33 Å². The van der Waals surface area contributed by atoms with Gasteiger partial charge >= 0.3 is 6.09 Å². The number of anilines is 1. The van der Waals surface area contributed by atoms with E-state index in [-0.39, 0.29) is 18.8 Å². The van der Waals surface area contributed by atoms with Crippen LogP contribution in [-0.2, 0) is 15.0 Å². The summed E-state index contributed by atoms with van der Waals surface area (Å²) in [5, 5.41) is 7.13. The second kappa shape index (κ2) is 8.75. The predicted octanol–water partition coefficient (Wildman–Crippen LogP) is 2.49. The predicted molar refractivity (Wildman–Crippen MR) is 127 cm³/mol. The summed E-state index contributed by atoms with van der Waals surface area (Å²) in [6.45, 7) is 4.56. The van der Waals surface area contributed by atoms with Crippen LogP contribution in [0, 0.1) is 0 Å². The largest absolute Gasteiger partial charge is 0.490 e. The zero-order chi connectivity index (χ0) is 23.9. The number of hydrogen-bond donors (Lipinski definition) is 3. The van der Waals surface area contributed by atoms with Gasteiger partial charge in [0.05, 0.1) is 24.1 Å². The Morgan fingerprint density at radius 2 is 2.00 bits per heavy atom. The van der Waals surface area contributed by atoms with Gasteiger partial charge < -0.3 is 31.1 Å². The van der Waals surface area contributed by atoms with Gasteiger partial charge in [0.1, 0.15) is 17.9 Å². The van der Waals surface area contributed by atoms with E-state index in [1.807, 2.05) is 32.0 Å². The number of nitrogens with two attached hydrogens (primary N) is 2. The molecule has 10 nitrogen and oxygen atoms in total. The van der Waals surface area contributed by atoms with Crippen LogP contribution in [0.2, 0.25) is 0 Å². The first-order chi connectivity index (χ1) is 16.3. The Balaban J connectivity index is 1.49. The van der Waals surface area contributed by atoms with Crippen LogP contribution in [0.1, 0.15) is 50.7 Å². The van der Waals surface area contributed by atoms with E-state index >= 15 is 0 Å². The van der Waals surface area contributed by atoms with Crippen LogP contribution >= 0.6 is 0 Å². The van der Waals surface area contributed by atoms with Gasteiger partial charge in [-0.3, -0.25) is 0 Å². The smallest absolute Gasteiger partial charge is 0.407 e. The fourth-order valence-electron chi connectivity index (χ4n) is 4.95. The number of ether oxygens (including phenoxy) is 2. The summed E-state index contributed by atoms with van der Waals surface area (Å²) in [4.78, 5) is 25.8. The second-order valence-electron chi connectivity index (χ2n) is 9.61. The van der Waals surface area contributed by atoms with Crippen molar-refractivity contribution in [3.05, 3.63) is 35.7 Å². The molecule has 1 aromatic carbocycles. The topological polar surface area (TPSA) is 147 Å². The molecule has 1 saturated heterocycles. The lowest BCUT2D eigenvalue weighted by Crippen LogP contribution is -2.36. The molecule has 0 radical (unpaired) electrons. The molecule has 2 heterocycles. The van der Waals surface area contributed by atoms with Gasteiger partial charge in [0, 0.05) is 28.1 Å². The molecule has 0 spiro atoms. The molecule has 180 valence electrons. The van der Waals surface area contributed by atoms with Crippen LogP contribution in [0.3, 0.4) is 0 Å². The van der Waals surface area contributed by atoms with Gasteiger partial charge in [0.2, 0.25) is 0 Å². The molecular formula is C24H30N6O4. The van der Waals surface area contributed by atoms with E-state index in [1.54, 1.807) is 0 Å². The Morgan fingerprint density at radius 1 is 1.21 bits per heavy atom. The highest BCUT2D eigenvalue weighted by atomic mass is 16.7. The molecule has 1 amide bonds. The summed E-state index contributed by atoms with van der Waals surface area (Å²) >= 11 is 0. The summed E-state index contributed by atoms with van der Waals surface area (Å²) < 4.78 is 11.5. The van der Waals surface area contributed by atoms with Crippen LogP contribution in [0.4, 0.5) is 10.6 Å². The minimum atomic E-state index is -0.630. The van der Waals surface area contributed by atoms with Crippen molar-refractivity contribution < 1.29 is 19.1 Å². The minimum absolute atomic E-state index is 0.139. The van der Waals surface area contributed by atoms with Crippen molar-refractivity contribution in [1.29, 1.82) is 0 Å². The van der Waals surface area contributed by atoms with E-state index < -0.39 is 17.6 Å². The van der Waals surface area contributed by atoms with Crippen molar-refractivity contribution in [2.75, 3.05) is 18.9 Å². The lowest BCUT2D eigenvalue weighted by atomic mass is 9.70. The summed E-state index contributed by atoms with van der Waals surface area (Å²) in [5.74, 6) is 1.17. The fraction of sp³-hybridized carbons (Fsp3) is 0.500. The average molecular weight is 467 g/mol. The monoisotopic (exact) mass is 466 g/mol. The van der Waals surface area contributed by atoms with E-state index in [0.29, 0.717) is 18.1 Å². The van der Waals surface area contributed by atoms with E-state index in [4.69, 9.17) is 25.8 Å². The van der Waals surface area contributed by atoms with Gasteiger partial charge in [-0.1, -0.05) is 5.16 Å². The molecule has 2 fully saturated rings. The highest BCUT2D eigenvalue weighted by Crippen LogP contribution is 2.45. The Hall–Kier alpha value is -3.40. The molecule has 5 N–H and O–H groups in total. The number of carbonyl (C=O) groups excluding carboxylic acids is 1. The van der Waals surface area contributed by atoms with Crippen molar-refractivity contribution in [2.45, 2.75) is 63.2 Å². The minimum Gasteiger partial charge on any atom is -0.490 e. The standard InChI is InChI=1S/C24H30N6O4/c1-24(2)19-20(28-12-29-22(19)26)17-8-7-15(33-14-5-3-13(25)4-6-14)9-18(17)21(24)30-32-11-16-10-27-23(31)34-16/h7-9,12-14,16H,3-6,10-11,25H2,1-2H3,(H,27,31)(H2,26,28,29)/b30-21+. The first-order valence-corrected chi connectivity index (χ1v) is 11.7. The van der Waals surface area contributed by atoms with Crippen LogP contribution in [0.25, 0.3) is 11.3 Å². The van der Waals surface area contributed by atoms with Crippen LogP contribution in [-0.4, -0.2) is 53.2 Å². The van der Waals surface area contributed by atoms with Crippen molar-refractivity contribution in [3.8, 4) is 17.0 Å². The van der Waals surface area contributed by atoms with Gasteiger partial charge in [-0.15, -0.1) is 0 Å². The average Bonchev–Trinajstić information content (AvgIpc) is 3.22. The molecule has 34 heavy (non-hydrogen) atoms. The van der Waals surface area contributed by atoms with Crippen molar-refractivity contribution in [3.63, 3.8) is 0 Å². The van der Waals surface area contributed by atoms with Crippen molar-refractivity contribution in [1.82, 2.24) is 15.3 Å². The first kappa shape index (κ1) is 22.4. The molecular weight excluding hydrogens is 436 g/mol. The number of nitrogens with one attached hydrogen (secondary N) is 1. The maximum absolute atomic E-state index is 11.3. The third kappa shape index (κ3) is 4.13. The summed E-state index contributed by atoms with van der Waals surface area (Å²) in [6.07, 6.45) is 4.58. The summed E-state index contributed by atoms with van der Waals surface area (Å²) in [7, 11) is 0. The number of aromatic nitrogens is 2. The Labute approximate surface area is 198 Å². The third-order valence-corrected chi connectivity index (χ3v) is 6.78. The third-order valence-electron chi connectivity index (χ3n) is 6.78. The zero-order valence-electron chi connectivity index (χ0n) is 19.4. The highest BCUT2D eigenvalue weighted by molar-refractivity contribution is 6.15. The molecule has 1 aromatic heterocycles. The Bertz CT molecular complexity index is 1130. The molecule has 1 aliphatic heterocycles. The van der Waals surface area contributed by atoms with Crippen molar-refractivity contribution in [2.24, 2.45) is 10.9 Å². The summed E-state index contributed by atoms with van der Waals surface area (Å²) in [6, 6.07) is 6.19. The molecule has 5 rings (SSSR count). The number of benzene rings is 1. The van der Waals surface area contributed by atoms with Gasteiger partial charge in [0.25, 0.3) is 0 Å². The molecule has 1 unspecified atom stereocenters. The number of alkyl carbamates (subject to hydrolysis) is 1. The van der Waals surface area contributed by atoms with Gasteiger partial charge in [-0.25, -0.2) is 14.8 Å². The molecule has 1 saturated carbocycles. The number of carbonyl (C=O) groups is 1. The van der Waals surface area contributed by atoms with Gasteiger partial charge in [-0.05, 0) is 57.7 Å². The van der Waals surface area contributed by atoms with Crippen LogP contribution in [0.5, 0.6) is 5.75 Å². The van der Waals surface area contributed by atoms with E-state index in [0.717, 1.165) is 53.8 Å². The number of oxime groups is 1. The fourth-order valence-corrected chi connectivity index (χ4v) is 4.95. The Kier molecular flexibility index (Phi) is 5.76. The molecule has 2 aliphatic carbocycles. The van der Waals surface area contributed by atoms with Crippen LogP contribution < -0.4 is 21.5 Å². The van der Waals surface area contributed by atoms with Gasteiger partial charge in [0.15, 0.2) is 12.7 Å². The number of rotatable bonds is 5. The number of nitrogen functional groups attached to an aromatic ring is 1. The number of hydrogen-bond acceptors (Lipinski definition) is 9. The first-order valence-electron chi connectivity index (χ1n) is 11.7. The van der Waals surface area contributed by atoms with E-state index in [9.17, 15) is 4.79 Å². The molecule has 10 heteroatoms. The maximum atomic E-state index is 11.3. The second-order valence-corrected chi connectivity index (χ2v) is 9.61. The maximum Gasteiger partial charge on any atom is 0.407 e. The normalized spacial score (nSPS) is 26.3. The molecule has 1 atom stereocenters. The van der Waals surface area contributed by atoms with E-state index in [2.05, 4.69) is 20.4 Å².